The molecule has 7 nitrogen and oxygen atoms in total. The van der Waals surface area contributed by atoms with Crippen molar-refractivity contribution in [2.75, 3.05) is 33.0 Å². The molecule has 118 valence electrons. The minimum atomic E-state index is -4.03. The minimum absolute atomic E-state index is 0.137. The maximum absolute atomic E-state index is 13.7. The van der Waals surface area contributed by atoms with E-state index in [1.165, 1.54) is 14.2 Å². The van der Waals surface area contributed by atoms with Gasteiger partial charge in [0.15, 0.2) is 11.6 Å². The average Bonchev–Trinajstić information content (AvgIpc) is 2.38. The predicted octanol–water partition coefficient (Wildman–Crippen LogP) is 0.173. The van der Waals surface area contributed by atoms with Gasteiger partial charge in [-0.25, -0.2) is 12.8 Å². The third-order valence-corrected chi connectivity index (χ3v) is 4.48. The molecule has 0 heterocycles. The van der Waals surface area contributed by atoms with Crippen molar-refractivity contribution in [1.82, 2.24) is 9.62 Å². The van der Waals surface area contributed by atoms with E-state index in [4.69, 9.17) is 10.5 Å². The number of anilines is 1. The van der Waals surface area contributed by atoms with Crippen LogP contribution in [0.5, 0.6) is 5.75 Å². The van der Waals surface area contributed by atoms with E-state index >= 15 is 0 Å². The van der Waals surface area contributed by atoms with Gasteiger partial charge in [-0.3, -0.25) is 4.79 Å². The SMILES string of the molecule is CCNC(=O)CN(C)S(=O)(=O)c1cc(N)c(OC)c(F)c1. The molecular weight excluding hydrogens is 301 g/mol. The Morgan fingerprint density at radius 3 is 2.57 bits per heavy atom. The number of ether oxygens (including phenoxy) is 1. The highest BCUT2D eigenvalue weighted by Crippen LogP contribution is 2.29. The van der Waals surface area contributed by atoms with Crippen molar-refractivity contribution in [3.8, 4) is 5.75 Å². The number of methoxy groups -OCH3 is 1. The van der Waals surface area contributed by atoms with Gasteiger partial charge in [-0.15, -0.1) is 0 Å². The van der Waals surface area contributed by atoms with Gasteiger partial charge in [0.05, 0.1) is 24.2 Å². The average molecular weight is 319 g/mol. The molecule has 1 amide bonds. The van der Waals surface area contributed by atoms with Crippen molar-refractivity contribution >= 4 is 21.6 Å². The normalized spacial score (nSPS) is 11.5. The Morgan fingerprint density at radius 2 is 2.10 bits per heavy atom. The molecule has 0 saturated carbocycles. The number of carbonyl (C=O) groups is 1. The Labute approximate surface area is 122 Å². The lowest BCUT2D eigenvalue weighted by Crippen LogP contribution is -2.38. The van der Waals surface area contributed by atoms with E-state index in [-0.39, 0.29) is 22.9 Å². The van der Waals surface area contributed by atoms with Gasteiger partial charge in [0.2, 0.25) is 15.9 Å². The molecule has 1 rings (SSSR count). The number of nitrogens with two attached hydrogens (primary N) is 1. The van der Waals surface area contributed by atoms with Crippen molar-refractivity contribution in [1.29, 1.82) is 0 Å². The van der Waals surface area contributed by atoms with Crippen molar-refractivity contribution in [3.05, 3.63) is 17.9 Å². The molecule has 9 heteroatoms. The van der Waals surface area contributed by atoms with Crippen LogP contribution >= 0.6 is 0 Å². The maximum atomic E-state index is 13.7. The predicted molar refractivity (Wildman–Crippen MR) is 75.9 cm³/mol. The van der Waals surface area contributed by atoms with Crippen molar-refractivity contribution in [2.24, 2.45) is 0 Å². The smallest absolute Gasteiger partial charge is 0.243 e. The van der Waals surface area contributed by atoms with Crippen molar-refractivity contribution < 1.29 is 22.3 Å². The molecule has 1 aromatic rings. The summed E-state index contributed by atoms with van der Waals surface area (Å²) in [4.78, 5) is 11.1. The largest absolute Gasteiger partial charge is 0.492 e. The second-order valence-corrected chi connectivity index (χ2v) is 6.29. The molecule has 0 aromatic heterocycles. The molecule has 0 saturated heterocycles. The zero-order chi connectivity index (χ0) is 16.2. The Balaban J connectivity index is 3.11. The summed E-state index contributed by atoms with van der Waals surface area (Å²) < 4.78 is 43.8. The van der Waals surface area contributed by atoms with Crippen LogP contribution in [0.15, 0.2) is 17.0 Å². The number of nitrogens with zero attached hydrogens (tertiary/aromatic N) is 1. The van der Waals surface area contributed by atoms with Gasteiger partial charge in [0.1, 0.15) is 0 Å². The number of benzene rings is 1. The summed E-state index contributed by atoms with van der Waals surface area (Å²) in [6, 6.07) is 1.89. The summed E-state index contributed by atoms with van der Waals surface area (Å²) in [5.41, 5.74) is 5.41. The molecule has 0 bridgehead atoms. The number of rotatable bonds is 6. The fraction of sp³-hybridized carbons (Fsp3) is 0.417. The molecule has 0 atom stereocenters. The highest BCUT2D eigenvalue weighted by Gasteiger charge is 2.25. The van der Waals surface area contributed by atoms with E-state index in [0.29, 0.717) is 6.54 Å². The summed E-state index contributed by atoms with van der Waals surface area (Å²) in [5, 5.41) is 2.48. The first-order valence-electron chi connectivity index (χ1n) is 6.10. The number of halogens is 1. The maximum Gasteiger partial charge on any atom is 0.243 e. The van der Waals surface area contributed by atoms with Gasteiger partial charge >= 0.3 is 0 Å². The molecule has 0 aliphatic carbocycles. The number of amides is 1. The lowest BCUT2D eigenvalue weighted by atomic mass is 10.3. The summed E-state index contributed by atoms with van der Waals surface area (Å²) in [6.45, 7) is 1.73. The highest BCUT2D eigenvalue weighted by molar-refractivity contribution is 7.89. The van der Waals surface area contributed by atoms with E-state index in [1.54, 1.807) is 6.92 Å². The summed E-state index contributed by atoms with van der Waals surface area (Å²) >= 11 is 0. The zero-order valence-electron chi connectivity index (χ0n) is 12.0. The van der Waals surface area contributed by atoms with E-state index in [0.717, 1.165) is 16.4 Å². The van der Waals surface area contributed by atoms with Gasteiger partial charge in [-0.2, -0.15) is 4.31 Å². The topological polar surface area (TPSA) is 102 Å². The summed E-state index contributed by atoms with van der Waals surface area (Å²) in [7, 11) is -1.57. The molecule has 3 N–H and O–H groups in total. The third-order valence-electron chi connectivity index (χ3n) is 2.70. The standard InChI is InChI=1S/C12H18FN3O4S/c1-4-15-11(17)7-16(2)21(18,19)8-5-9(13)12(20-3)10(14)6-8/h5-6H,4,7,14H2,1-3H3,(H,15,17). The lowest BCUT2D eigenvalue weighted by Gasteiger charge is -2.17. The Morgan fingerprint density at radius 1 is 1.48 bits per heavy atom. The van der Waals surface area contributed by atoms with Gasteiger partial charge in [-0.1, -0.05) is 0 Å². The van der Waals surface area contributed by atoms with E-state index in [2.05, 4.69) is 5.32 Å². The van der Waals surface area contributed by atoms with Gasteiger partial charge in [0.25, 0.3) is 0 Å². The monoisotopic (exact) mass is 319 g/mol. The minimum Gasteiger partial charge on any atom is -0.492 e. The second kappa shape index (κ2) is 6.72. The quantitative estimate of drug-likeness (QED) is 0.728. The van der Waals surface area contributed by atoms with Gasteiger partial charge in [0, 0.05) is 13.6 Å². The fourth-order valence-corrected chi connectivity index (χ4v) is 2.85. The zero-order valence-corrected chi connectivity index (χ0v) is 12.8. The number of nitrogen functional groups attached to an aromatic ring is 1. The molecule has 0 unspecified atom stereocenters. The van der Waals surface area contributed by atoms with Crippen LogP contribution in [0, 0.1) is 5.82 Å². The van der Waals surface area contributed by atoms with Crippen LogP contribution in [-0.4, -0.2) is 45.9 Å². The first-order valence-corrected chi connectivity index (χ1v) is 7.54. The van der Waals surface area contributed by atoms with Crippen LogP contribution in [-0.2, 0) is 14.8 Å². The van der Waals surface area contributed by atoms with Crippen molar-refractivity contribution in [2.45, 2.75) is 11.8 Å². The molecule has 21 heavy (non-hydrogen) atoms. The van der Waals surface area contributed by atoms with E-state index in [9.17, 15) is 17.6 Å². The molecule has 0 radical (unpaired) electrons. The van der Waals surface area contributed by atoms with Crippen LogP contribution in [0.25, 0.3) is 0 Å². The number of hydrogen-bond donors (Lipinski definition) is 2. The molecule has 0 aliphatic heterocycles. The van der Waals surface area contributed by atoms with Gasteiger partial charge in [-0.05, 0) is 19.1 Å². The van der Waals surface area contributed by atoms with Crippen LogP contribution in [0.1, 0.15) is 6.92 Å². The number of hydrogen-bond acceptors (Lipinski definition) is 5. The van der Waals surface area contributed by atoms with Crippen LogP contribution in [0.4, 0.5) is 10.1 Å². The molecule has 0 fully saturated rings. The number of carbonyl (C=O) groups excluding carboxylic acids is 1. The lowest BCUT2D eigenvalue weighted by molar-refractivity contribution is -0.121. The van der Waals surface area contributed by atoms with Crippen LogP contribution < -0.4 is 15.8 Å². The van der Waals surface area contributed by atoms with Crippen LogP contribution in [0.2, 0.25) is 0 Å². The fourth-order valence-electron chi connectivity index (χ4n) is 1.67. The van der Waals surface area contributed by atoms with Crippen molar-refractivity contribution in [3.63, 3.8) is 0 Å². The third kappa shape index (κ3) is 3.82. The first kappa shape index (κ1) is 17.2. The number of likely N-dealkylation sites (N-methyl/N-ethyl adjacent to an activating group) is 2. The molecule has 0 aliphatic rings. The Bertz CT molecular complexity index is 610. The van der Waals surface area contributed by atoms with E-state index < -0.39 is 21.7 Å². The van der Waals surface area contributed by atoms with Gasteiger partial charge < -0.3 is 15.8 Å². The first-order chi connectivity index (χ1) is 9.73. The molecule has 1 aromatic carbocycles. The Kier molecular flexibility index (Phi) is 5.50. The molecular formula is C12H18FN3O4S. The van der Waals surface area contributed by atoms with Crippen LogP contribution in [0.3, 0.4) is 0 Å². The number of nitrogens with one attached hydrogen (secondary N) is 1. The summed E-state index contributed by atoms with van der Waals surface area (Å²) in [6.07, 6.45) is 0. The molecule has 0 spiro atoms. The second-order valence-electron chi connectivity index (χ2n) is 4.24. The summed E-state index contributed by atoms with van der Waals surface area (Å²) in [5.74, 6) is -1.56. The Hall–Kier alpha value is -1.87. The van der Waals surface area contributed by atoms with E-state index in [1.807, 2.05) is 0 Å². The highest BCUT2D eigenvalue weighted by atomic mass is 32.2. The number of sulfonamides is 1.